The Morgan fingerprint density at radius 3 is 2.39 bits per heavy atom. The smallest absolute Gasteiger partial charge is 0.303 e. The Bertz CT molecular complexity index is 626. The number of amides is 1. The van der Waals surface area contributed by atoms with Gasteiger partial charge in [-0.05, 0) is 25.3 Å². The minimum atomic E-state index is -0.670. The van der Waals surface area contributed by atoms with Crippen molar-refractivity contribution in [1.29, 1.82) is 0 Å². The third-order valence-electron chi connectivity index (χ3n) is 3.84. The minimum absolute atomic E-state index is 0.0140. The SMILES string of the molecule is CC(=O)OC[C@H](CSC[C@H](N)C(=O)NC(C)CCc1ccccc1)OC(C)=O. The third kappa shape index (κ3) is 10.9. The number of rotatable bonds is 12. The van der Waals surface area contributed by atoms with Gasteiger partial charge in [-0.1, -0.05) is 30.3 Å². The van der Waals surface area contributed by atoms with E-state index in [1.54, 1.807) is 0 Å². The van der Waals surface area contributed by atoms with Gasteiger partial charge in [0.05, 0.1) is 6.04 Å². The highest BCUT2D eigenvalue weighted by molar-refractivity contribution is 7.99. The normalized spacial score (nSPS) is 13.9. The molecular formula is C20H30N2O5S. The number of hydrogen-bond donors (Lipinski definition) is 2. The van der Waals surface area contributed by atoms with E-state index in [2.05, 4.69) is 17.4 Å². The van der Waals surface area contributed by atoms with Gasteiger partial charge in [0.1, 0.15) is 12.7 Å². The van der Waals surface area contributed by atoms with E-state index in [-0.39, 0.29) is 18.6 Å². The molecule has 7 nitrogen and oxygen atoms in total. The van der Waals surface area contributed by atoms with Crippen LogP contribution in [0.15, 0.2) is 30.3 Å². The summed E-state index contributed by atoms with van der Waals surface area (Å²) in [6.07, 6.45) is 1.14. The quantitative estimate of drug-likeness (QED) is 0.505. The number of carbonyl (C=O) groups is 3. The molecule has 1 unspecified atom stereocenters. The number of esters is 2. The summed E-state index contributed by atoms with van der Waals surface area (Å²) in [4.78, 5) is 34.3. The molecule has 0 aliphatic carbocycles. The third-order valence-corrected chi connectivity index (χ3v) is 5.04. The fourth-order valence-corrected chi connectivity index (χ4v) is 3.38. The zero-order valence-electron chi connectivity index (χ0n) is 16.7. The average molecular weight is 411 g/mol. The Kier molecular flexibility index (Phi) is 11.3. The number of carbonyl (C=O) groups excluding carboxylic acids is 3. The van der Waals surface area contributed by atoms with Crippen molar-refractivity contribution in [2.24, 2.45) is 5.73 Å². The molecule has 8 heteroatoms. The van der Waals surface area contributed by atoms with Crippen LogP contribution in [0.4, 0.5) is 0 Å². The van der Waals surface area contributed by atoms with Gasteiger partial charge in [0.2, 0.25) is 5.91 Å². The van der Waals surface area contributed by atoms with Gasteiger partial charge in [0.15, 0.2) is 0 Å². The Morgan fingerprint density at radius 2 is 1.79 bits per heavy atom. The van der Waals surface area contributed by atoms with Crippen molar-refractivity contribution in [2.75, 3.05) is 18.1 Å². The maximum Gasteiger partial charge on any atom is 0.303 e. The number of benzene rings is 1. The second kappa shape index (κ2) is 13.2. The van der Waals surface area contributed by atoms with E-state index in [1.165, 1.54) is 31.2 Å². The number of nitrogens with one attached hydrogen (secondary N) is 1. The van der Waals surface area contributed by atoms with Crippen LogP contribution in [0.1, 0.15) is 32.8 Å². The van der Waals surface area contributed by atoms with Crippen molar-refractivity contribution in [3.63, 3.8) is 0 Å². The average Bonchev–Trinajstić information content (AvgIpc) is 2.64. The maximum absolute atomic E-state index is 12.2. The zero-order valence-corrected chi connectivity index (χ0v) is 17.5. The van der Waals surface area contributed by atoms with Crippen LogP contribution in [0.5, 0.6) is 0 Å². The largest absolute Gasteiger partial charge is 0.462 e. The van der Waals surface area contributed by atoms with Crippen molar-refractivity contribution < 1.29 is 23.9 Å². The van der Waals surface area contributed by atoms with Crippen LogP contribution in [0.3, 0.4) is 0 Å². The second-order valence-corrected chi connectivity index (χ2v) is 7.69. The van der Waals surface area contributed by atoms with E-state index >= 15 is 0 Å². The Morgan fingerprint density at radius 1 is 1.11 bits per heavy atom. The molecular weight excluding hydrogens is 380 g/mol. The number of aryl methyl sites for hydroxylation is 1. The highest BCUT2D eigenvalue weighted by Gasteiger charge is 2.19. The molecule has 0 saturated heterocycles. The summed E-state index contributed by atoms with van der Waals surface area (Å²) in [5.41, 5.74) is 7.19. The van der Waals surface area contributed by atoms with Crippen LogP contribution in [0, 0.1) is 0 Å². The predicted octanol–water partition coefficient (Wildman–Crippen LogP) is 1.68. The van der Waals surface area contributed by atoms with E-state index in [4.69, 9.17) is 15.2 Å². The first-order valence-electron chi connectivity index (χ1n) is 9.26. The first kappa shape index (κ1) is 24.0. The molecule has 28 heavy (non-hydrogen) atoms. The van der Waals surface area contributed by atoms with Crippen LogP contribution >= 0.6 is 11.8 Å². The molecule has 0 saturated carbocycles. The minimum Gasteiger partial charge on any atom is -0.462 e. The Balaban J connectivity index is 2.31. The summed E-state index contributed by atoms with van der Waals surface area (Å²) < 4.78 is 9.99. The zero-order chi connectivity index (χ0) is 20.9. The molecule has 156 valence electrons. The molecule has 0 aromatic heterocycles. The molecule has 0 aliphatic heterocycles. The van der Waals surface area contributed by atoms with Crippen molar-refractivity contribution in [3.05, 3.63) is 35.9 Å². The van der Waals surface area contributed by atoms with Crippen molar-refractivity contribution in [3.8, 4) is 0 Å². The van der Waals surface area contributed by atoms with Gasteiger partial charge >= 0.3 is 11.9 Å². The summed E-state index contributed by atoms with van der Waals surface area (Å²) in [5, 5.41) is 2.93. The lowest BCUT2D eigenvalue weighted by Crippen LogP contribution is -2.46. The van der Waals surface area contributed by atoms with Crippen LogP contribution in [-0.2, 0) is 30.3 Å². The Labute approximate surface area is 170 Å². The first-order valence-corrected chi connectivity index (χ1v) is 10.4. The van der Waals surface area contributed by atoms with Gasteiger partial charge in [-0.15, -0.1) is 0 Å². The van der Waals surface area contributed by atoms with Gasteiger partial charge in [0.25, 0.3) is 0 Å². The molecule has 0 fully saturated rings. The highest BCUT2D eigenvalue weighted by Crippen LogP contribution is 2.10. The molecule has 1 aromatic carbocycles. The molecule has 0 aliphatic rings. The monoisotopic (exact) mass is 410 g/mol. The predicted molar refractivity (Wildman–Crippen MR) is 110 cm³/mol. The molecule has 1 aromatic rings. The van der Waals surface area contributed by atoms with Gasteiger partial charge in [-0.25, -0.2) is 0 Å². The summed E-state index contributed by atoms with van der Waals surface area (Å²) in [6, 6.07) is 9.44. The van der Waals surface area contributed by atoms with E-state index < -0.39 is 24.1 Å². The van der Waals surface area contributed by atoms with Crippen molar-refractivity contribution >= 4 is 29.6 Å². The number of nitrogens with two attached hydrogens (primary N) is 1. The lowest BCUT2D eigenvalue weighted by Gasteiger charge is -2.19. The van der Waals surface area contributed by atoms with Gasteiger partial charge in [-0.2, -0.15) is 11.8 Å². The van der Waals surface area contributed by atoms with E-state index in [1.807, 2.05) is 25.1 Å². The fraction of sp³-hybridized carbons (Fsp3) is 0.550. The topological polar surface area (TPSA) is 108 Å². The lowest BCUT2D eigenvalue weighted by molar-refractivity contribution is -0.154. The summed E-state index contributed by atoms with van der Waals surface area (Å²) in [7, 11) is 0. The molecule has 3 atom stereocenters. The molecule has 1 rings (SSSR count). The maximum atomic E-state index is 12.2. The van der Waals surface area contributed by atoms with Crippen LogP contribution < -0.4 is 11.1 Å². The van der Waals surface area contributed by atoms with Gasteiger partial charge in [0, 0.05) is 31.4 Å². The molecule has 0 bridgehead atoms. The van der Waals surface area contributed by atoms with Gasteiger partial charge in [-0.3, -0.25) is 14.4 Å². The fourth-order valence-electron chi connectivity index (χ4n) is 2.41. The van der Waals surface area contributed by atoms with Crippen molar-refractivity contribution in [1.82, 2.24) is 5.32 Å². The molecule has 0 spiro atoms. The highest BCUT2D eigenvalue weighted by atomic mass is 32.2. The van der Waals surface area contributed by atoms with Gasteiger partial charge < -0.3 is 20.5 Å². The molecule has 3 N–H and O–H groups in total. The molecule has 0 heterocycles. The first-order chi connectivity index (χ1) is 13.3. The molecule has 1 amide bonds. The lowest BCUT2D eigenvalue weighted by atomic mass is 10.1. The molecule has 0 radical (unpaired) electrons. The van der Waals surface area contributed by atoms with E-state index in [0.29, 0.717) is 11.5 Å². The number of thioether (sulfide) groups is 1. The standard InChI is InChI=1S/C20H30N2O5S/c1-14(9-10-17-7-5-4-6-8-17)22-20(25)19(21)13-28-12-18(27-16(3)24)11-26-15(2)23/h4-8,14,18-19H,9-13,21H2,1-3H3,(H,22,25)/t14?,18-,19+/m1/s1. The van der Waals surface area contributed by atoms with E-state index in [9.17, 15) is 14.4 Å². The summed E-state index contributed by atoms with van der Waals surface area (Å²) in [6.45, 7) is 4.52. The number of ether oxygens (including phenoxy) is 2. The van der Waals surface area contributed by atoms with Crippen LogP contribution in [0.25, 0.3) is 0 Å². The van der Waals surface area contributed by atoms with Crippen LogP contribution in [0.2, 0.25) is 0 Å². The second-order valence-electron chi connectivity index (χ2n) is 6.61. The van der Waals surface area contributed by atoms with Crippen molar-refractivity contribution in [2.45, 2.75) is 51.8 Å². The summed E-state index contributed by atoms with van der Waals surface area (Å²) >= 11 is 1.37. The summed E-state index contributed by atoms with van der Waals surface area (Å²) in [5.74, 6) is -0.348. The van der Waals surface area contributed by atoms with Crippen LogP contribution in [-0.4, -0.2) is 54.1 Å². The number of hydrogen-bond acceptors (Lipinski definition) is 7. The Hall–Kier alpha value is -2.06. The van der Waals surface area contributed by atoms with E-state index in [0.717, 1.165) is 12.8 Å².